The van der Waals surface area contributed by atoms with Gasteiger partial charge in [-0.05, 0) is 49.4 Å². The molecule has 1 heterocycles. The van der Waals surface area contributed by atoms with Crippen LogP contribution in [0.25, 0.3) is 0 Å². The van der Waals surface area contributed by atoms with Gasteiger partial charge in [0.15, 0.2) is 17.3 Å². The molecule has 4 nitrogen and oxygen atoms in total. The Balaban J connectivity index is 1.70. The summed E-state index contributed by atoms with van der Waals surface area (Å²) in [6.07, 6.45) is 0.878. The molecule has 0 amide bonds. The third-order valence-corrected chi connectivity index (χ3v) is 4.87. The zero-order valence-corrected chi connectivity index (χ0v) is 14.6. The van der Waals surface area contributed by atoms with E-state index in [9.17, 15) is 4.79 Å². The lowest BCUT2D eigenvalue weighted by atomic mass is 10.1. The van der Waals surface area contributed by atoms with Crippen LogP contribution in [0.2, 0.25) is 0 Å². The zero-order chi connectivity index (χ0) is 16.9. The molecule has 1 atom stereocenters. The number of fused-ring (bicyclic) bond motifs is 1. The minimum atomic E-state index is -0.192. The van der Waals surface area contributed by atoms with Crippen LogP contribution in [0.15, 0.2) is 47.4 Å². The Kier molecular flexibility index (Phi) is 5.30. The van der Waals surface area contributed by atoms with Crippen LogP contribution < -0.4 is 14.2 Å². The van der Waals surface area contributed by atoms with E-state index >= 15 is 0 Å². The molecule has 2 aromatic carbocycles. The predicted molar refractivity (Wildman–Crippen MR) is 94.7 cm³/mol. The van der Waals surface area contributed by atoms with Gasteiger partial charge >= 0.3 is 0 Å². The summed E-state index contributed by atoms with van der Waals surface area (Å²) >= 11 is 1.52. The van der Waals surface area contributed by atoms with Crippen molar-refractivity contribution in [3.8, 4) is 17.2 Å². The highest BCUT2D eigenvalue weighted by Crippen LogP contribution is 2.35. The second kappa shape index (κ2) is 7.62. The summed E-state index contributed by atoms with van der Waals surface area (Å²) in [5.74, 6) is 2.36. The number of carbonyl (C=O) groups is 1. The fraction of sp³-hybridized carbons (Fsp3) is 0.316. The van der Waals surface area contributed by atoms with Gasteiger partial charge in [-0.2, -0.15) is 0 Å². The van der Waals surface area contributed by atoms with E-state index in [0.29, 0.717) is 18.8 Å². The average Bonchev–Trinajstić information content (AvgIpc) is 2.86. The first-order valence-corrected chi connectivity index (χ1v) is 8.80. The van der Waals surface area contributed by atoms with Crippen molar-refractivity contribution >= 4 is 17.5 Å². The van der Waals surface area contributed by atoms with E-state index in [-0.39, 0.29) is 11.0 Å². The van der Waals surface area contributed by atoms with Crippen molar-refractivity contribution < 1.29 is 19.0 Å². The van der Waals surface area contributed by atoms with Crippen LogP contribution >= 0.6 is 11.8 Å². The molecule has 5 heteroatoms. The predicted octanol–water partition coefficient (Wildman–Crippen LogP) is 4.22. The Morgan fingerprint density at radius 1 is 1.08 bits per heavy atom. The topological polar surface area (TPSA) is 44.8 Å². The first-order valence-electron chi connectivity index (χ1n) is 7.92. The van der Waals surface area contributed by atoms with E-state index in [0.717, 1.165) is 28.6 Å². The molecule has 2 aromatic rings. The Hall–Kier alpha value is -2.14. The summed E-state index contributed by atoms with van der Waals surface area (Å²) in [7, 11) is 1.61. The maximum atomic E-state index is 12.6. The van der Waals surface area contributed by atoms with Crippen molar-refractivity contribution in [3.63, 3.8) is 0 Å². The van der Waals surface area contributed by atoms with E-state index in [1.165, 1.54) is 11.8 Å². The number of Topliss-reactive ketones (excluding diaryl/α,β-unsaturated/α-hetero) is 1. The standard InChI is InChI=1S/C19H20O4S/c1-13(19(20)14-4-6-15(21-2)7-5-14)24-16-8-9-17-18(12-16)23-11-3-10-22-17/h4-9,12-13H,3,10-11H2,1-2H3/t13-/m1/s1. The van der Waals surface area contributed by atoms with Crippen LogP contribution in [0.3, 0.4) is 0 Å². The molecule has 0 aromatic heterocycles. The van der Waals surface area contributed by atoms with Gasteiger partial charge in [0, 0.05) is 16.9 Å². The van der Waals surface area contributed by atoms with Gasteiger partial charge in [-0.25, -0.2) is 0 Å². The van der Waals surface area contributed by atoms with Gasteiger partial charge < -0.3 is 14.2 Å². The van der Waals surface area contributed by atoms with E-state index < -0.39 is 0 Å². The van der Waals surface area contributed by atoms with Crippen LogP contribution in [-0.2, 0) is 0 Å². The summed E-state index contributed by atoms with van der Waals surface area (Å²) in [5, 5.41) is -0.192. The number of methoxy groups -OCH3 is 1. The summed E-state index contributed by atoms with van der Waals surface area (Å²) in [6, 6.07) is 13.0. The van der Waals surface area contributed by atoms with E-state index in [4.69, 9.17) is 14.2 Å². The second-order valence-corrected chi connectivity index (χ2v) is 6.93. The molecule has 0 saturated carbocycles. The normalized spacial score (nSPS) is 14.6. The molecule has 0 aliphatic carbocycles. The minimum absolute atomic E-state index is 0.0924. The van der Waals surface area contributed by atoms with Crippen molar-refractivity contribution in [3.05, 3.63) is 48.0 Å². The first-order chi connectivity index (χ1) is 11.7. The summed E-state index contributed by atoms with van der Waals surface area (Å²) in [5.41, 5.74) is 0.685. The van der Waals surface area contributed by atoms with Crippen LogP contribution in [0.5, 0.6) is 17.2 Å². The number of rotatable bonds is 5. The molecule has 0 fully saturated rings. The third kappa shape index (κ3) is 3.85. The number of hydrogen-bond acceptors (Lipinski definition) is 5. The quantitative estimate of drug-likeness (QED) is 0.600. The Morgan fingerprint density at radius 3 is 2.50 bits per heavy atom. The molecule has 0 saturated heterocycles. The number of ketones is 1. The van der Waals surface area contributed by atoms with Crippen molar-refractivity contribution in [2.45, 2.75) is 23.5 Å². The van der Waals surface area contributed by atoms with Crippen LogP contribution in [0.4, 0.5) is 0 Å². The van der Waals surface area contributed by atoms with Crippen LogP contribution in [0, 0.1) is 0 Å². The van der Waals surface area contributed by atoms with Crippen LogP contribution in [0.1, 0.15) is 23.7 Å². The van der Waals surface area contributed by atoms with Gasteiger partial charge in [0.2, 0.25) is 0 Å². The van der Waals surface area contributed by atoms with Gasteiger partial charge in [-0.15, -0.1) is 11.8 Å². The van der Waals surface area contributed by atoms with E-state index in [1.807, 2.05) is 25.1 Å². The number of benzene rings is 2. The van der Waals surface area contributed by atoms with Crippen molar-refractivity contribution in [1.82, 2.24) is 0 Å². The fourth-order valence-corrected chi connectivity index (χ4v) is 3.44. The Labute approximate surface area is 146 Å². The first kappa shape index (κ1) is 16.7. The highest BCUT2D eigenvalue weighted by atomic mass is 32.2. The van der Waals surface area contributed by atoms with Gasteiger partial charge in [0.1, 0.15) is 5.75 Å². The van der Waals surface area contributed by atoms with E-state index in [1.54, 1.807) is 31.4 Å². The lowest BCUT2D eigenvalue weighted by Gasteiger charge is -2.13. The van der Waals surface area contributed by atoms with Crippen LogP contribution in [-0.4, -0.2) is 31.4 Å². The van der Waals surface area contributed by atoms with E-state index in [2.05, 4.69) is 0 Å². The number of thioether (sulfide) groups is 1. The third-order valence-electron chi connectivity index (χ3n) is 3.78. The molecule has 126 valence electrons. The molecule has 0 N–H and O–H groups in total. The van der Waals surface area contributed by atoms with Gasteiger partial charge in [0.05, 0.1) is 25.6 Å². The molecule has 3 rings (SSSR count). The molecule has 0 radical (unpaired) electrons. The number of hydrogen-bond donors (Lipinski definition) is 0. The van der Waals surface area contributed by atoms with Crippen molar-refractivity contribution in [2.75, 3.05) is 20.3 Å². The second-order valence-electron chi connectivity index (χ2n) is 5.51. The average molecular weight is 344 g/mol. The van der Waals surface area contributed by atoms with Gasteiger partial charge in [0.25, 0.3) is 0 Å². The van der Waals surface area contributed by atoms with Gasteiger partial charge in [-0.3, -0.25) is 4.79 Å². The van der Waals surface area contributed by atoms with Gasteiger partial charge in [-0.1, -0.05) is 0 Å². The minimum Gasteiger partial charge on any atom is -0.497 e. The van der Waals surface area contributed by atoms with Crippen molar-refractivity contribution in [2.24, 2.45) is 0 Å². The monoisotopic (exact) mass is 344 g/mol. The summed E-state index contributed by atoms with van der Waals surface area (Å²) in [6.45, 7) is 3.24. The SMILES string of the molecule is COc1ccc(C(=O)[C@@H](C)Sc2ccc3c(c2)OCCCO3)cc1. The number of ether oxygens (including phenoxy) is 3. The Morgan fingerprint density at radius 2 is 1.79 bits per heavy atom. The number of carbonyl (C=O) groups excluding carboxylic acids is 1. The maximum absolute atomic E-state index is 12.6. The smallest absolute Gasteiger partial charge is 0.175 e. The largest absolute Gasteiger partial charge is 0.497 e. The summed E-state index contributed by atoms with van der Waals surface area (Å²) < 4.78 is 16.5. The highest BCUT2D eigenvalue weighted by Gasteiger charge is 2.18. The molecule has 0 unspecified atom stereocenters. The molecule has 0 spiro atoms. The lowest BCUT2D eigenvalue weighted by molar-refractivity contribution is 0.0994. The molecular weight excluding hydrogens is 324 g/mol. The summed E-state index contributed by atoms with van der Waals surface area (Å²) in [4.78, 5) is 13.6. The lowest BCUT2D eigenvalue weighted by Crippen LogP contribution is -2.13. The molecule has 1 aliphatic rings. The zero-order valence-electron chi connectivity index (χ0n) is 13.8. The fourth-order valence-electron chi connectivity index (χ4n) is 2.46. The Bertz CT molecular complexity index is 712. The highest BCUT2D eigenvalue weighted by molar-refractivity contribution is 8.00. The molecular formula is C19H20O4S. The maximum Gasteiger partial charge on any atom is 0.175 e. The molecule has 1 aliphatic heterocycles. The molecule has 24 heavy (non-hydrogen) atoms. The van der Waals surface area contributed by atoms with Crippen molar-refractivity contribution in [1.29, 1.82) is 0 Å². The molecule has 0 bridgehead atoms.